The van der Waals surface area contributed by atoms with Crippen LogP contribution in [-0.4, -0.2) is 11.9 Å². The lowest BCUT2D eigenvalue weighted by Crippen LogP contribution is -2.10. The normalized spacial score (nSPS) is 10.3. The first-order valence-electron chi connectivity index (χ1n) is 10.8. The van der Waals surface area contributed by atoms with Crippen LogP contribution in [0.3, 0.4) is 0 Å². The highest BCUT2D eigenvalue weighted by Gasteiger charge is 2.09. The summed E-state index contributed by atoms with van der Waals surface area (Å²) in [5.41, 5.74) is 10.9. The zero-order valence-corrected chi connectivity index (χ0v) is 18.9. The van der Waals surface area contributed by atoms with Crippen LogP contribution in [0, 0.1) is 13.8 Å². The number of benzene rings is 4. The molecule has 0 atom stereocenters. The maximum Gasteiger partial charge on any atom is 0.343 e. The molecule has 0 unspecified atom stereocenters. The van der Waals surface area contributed by atoms with Crippen molar-refractivity contribution in [1.29, 1.82) is 0 Å². The van der Waals surface area contributed by atoms with Crippen molar-refractivity contribution in [2.45, 2.75) is 13.8 Å². The van der Waals surface area contributed by atoms with E-state index in [2.05, 4.69) is 10.9 Å². The molecule has 0 fully saturated rings. The molecule has 0 amide bonds. The molecule has 0 aromatic heterocycles. The summed E-state index contributed by atoms with van der Waals surface area (Å²) >= 11 is 0. The van der Waals surface area contributed by atoms with E-state index in [0.717, 1.165) is 22.5 Å². The highest BCUT2D eigenvalue weighted by Crippen LogP contribution is 2.20. The van der Waals surface area contributed by atoms with Crippen molar-refractivity contribution < 1.29 is 19.1 Å². The molecule has 0 heterocycles. The molecule has 6 heteroatoms. The van der Waals surface area contributed by atoms with Crippen LogP contribution in [0.5, 0.6) is 11.5 Å². The Kier molecular flexibility index (Phi) is 6.89. The summed E-state index contributed by atoms with van der Waals surface area (Å²) < 4.78 is 10.8. The predicted molar refractivity (Wildman–Crippen MR) is 132 cm³/mol. The average Bonchev–Trinajstić information content (AvgIpc) is 2.85. The van der Waals surface area contributed by atoms with E-state index in [1.54, 1.807) is 72.8 Å². The number of aryl methyl sites for hydroxylation is 2. The van der Waals surface area contributed by atoms with Gasteiger partial charge >= 0.3 is 11.9 Å². The molecule has 0 saturated heterocycles. The Labute approximate surface area is 198 Å². The fraction of sp³-hybridized carbons (Fsp3) is 0.0714. The summed E-state index contributed by atoms with van der Waals surface area (Å²) in [6.45, 7) is 3.93. The van der Waals surface area contributed by atoms with Gasteiger partial charge in [0.25, 0.3) is 0 Å². The van der Waals surface area contributed by atoms with E-state index < -0.39 is 11.9 Å². The average molecular weight is 453 g/mol. The fourth-order valence-electron chi connectivity index (χ4n) is 3.07. The number of ether oxygens (including phenoxy) is 2. The van der Waals surface area contributed by atoms with Gasteiger partial charge in [0.2, 0.25) is 0 Å². The highest BCUT2D eigenvalue weighted by molar-refractivity contribution is 5.91. The van der Waals surface area contributed by atoms with Crippen LogP contribution in [0.4, 0.5) is 11.4 Å². The molecule has 34 heavy (non-hydrogen) atoms. The molecule has 4 aromatic carbocycles. The van der Waals surface area contributed by atoms with E-state index in [0.29, 0.717) is 22.6 Å². The summed E-state index contributed by atoms with van der Waals surface area (Å²) in [5.74, 6) is 0.107. The van der Waals surface area contributed by atoms with Gasteiger partial charge in [-0.15, -0.1) is 0 Å². The maximum atomic E-state index is 12.2. The molecule has 0 aliphatic rings. The number of nitrogens with one attached hydrogen (secondary N) is 2. The molecule has 170 valence electrons. The maximum absolute atomic E-state index is 12.2. The number of hydrazine groups is 1. The van der Waals surface area contributed by atoms with E-state index in [1.807, 2.05) is 38.1 Å². The van der Waals surface area contributed by atoms with E-state index >= 15 is 0 Å². The lowest BCUT2D eigenvalue weighted by molar-refractivity contribution is 0.0725. The van der Waals surface area contributed by atoms with Crippen LogP contribution >= 0.6 is 0 Å². The van der Waals surface area contributed by atoms with Gasteiger partial charge in [-0.3, -0.25) is 0 Å². The third kappa shape index (κ3) is 6.01. The van der Waals surface area contributed by atoms with Crippen LogP contribution in [0.15, 0.2) is 97.1 Å². The quantitative estimate of drug-likeness (QED) is 0.198. The zero-order valence-electron chi connectivity index (χ0n) is 18.9. The van der Waals surface area contributed by atoms with Crippen LogP contribution in [0.25, 0.3) is 0 Å². The number of hydrogen-bond donors (Lipinski definition) is 2. The van der Waals surface area contributed by atoms with Crippen molar-refractivity contribution in [1.82, 2.24) is 0 Å². The molecule has 4 aromatic rings. The SMILES string of the molecule is Cc1ccc(C(=O)Oc2ccc(NNc3ccc(OC(=O)c4ccc(C)cc4)cc3)cc2)cc1. The van der Waals surface area contributed by atoms with Gasteiger partial charge in [0.05, 0.1) is 22.5 Å². The molecule has 6 nitrogen and oxygen atoms in total. The predicted octanol–water partition coefficient (Wildman–Crippen LogP) is 6.18. The number of carbonyl (C=O) groups excluding carboxylic acids is 2. The number of anilines is 2. The van der Waals surface area contributed by atoms with Crippen molar-refractivity contribution in [3.05, 3.63) is 119 Å². The number of rotatable bonds is 7. The van der Waals surface area contributed by atoms with E-state index in [-0.39, 0.29) is 0 Å². The molecule has 0 bridgehead atoms. The Bertz CT molecular complexity index is 1160. The highest BCUT2D eigenvalue weighted by atomic mass is 16.5. The molecule has 0 saturated carbocycles. The van der Waals surface area contributed by atoms with Crippen LogP contribution in [-0.2, 0) is 0 Å². The number of esters is 2. The van der Waals surface area contributed by atoms with E-state index in [1.165, 1.54) is 0 Å². The van der Waals surface area contributed by atoms with Gasteiger partial charge in [-0.2, -0.15) is 0 Å². The van der Waals surface area contributed by atoms with Gasteiger partial charge in [-0.1, -0.05) is 35.4 Å². The van der Waals surface area contributed by atoms with Gasteiger partial charge in [-0.05, 0) is 86.6 Å². The minimum absolute atomic E-state index is 0.401. The molecule has 0 aliphatic carbocycles. The van der Waals surface area contributed by atoms with E-state index in [4.69, 9.17) is 9.47 Å². The molecule has 4 rings (SSSR count). The molecule has 0 spiro atoms. The first-order chi connectivity index (χ1) is 16.5. The van der Waals surface area contributed by atoms with Crippen LogP contribution < -0.4 is 20.3 Å². The van der Waals surface area contributed by atoms with Crippen molar-refractivity contribution in [2.75, 3.05) is 10.9 Å². The van der Waals surface area contributed by atoms with Crippen LogP contribution in [0.1, 0.15) is 31.8 Å². The molecule has 0 radical (unpaired) electrons. The lowest BCUT2D eigenvalue weighted by Gasteiger charge is -2.11. The van der Waals surface area contributed by atoms with Crippen molar-refractivity contribution in [3.63, 3.8) is 0 Å². The van der Waals surface area contributed by atoms with Gasteiger partial charge < -0.3 is 20.3 Å². The molecule has 0 aliphatic heterocycles. The second-order valence-electron chi connectivity index (χ2n) is 7.81. The summed E-state index contributed by atoms with van der Waals surface area (Å²) in [4.78, 5) is 24.5. The van der Waals surface area contributed by atoms with Crippen LogP contribution in [0.2, 0.25) is 0 Å². The topological polar surface area (TPSA) is 76.7 Å². The van der Waals surface area contributed by atoms with Gasteiger partial charge in [-0.25, -0.2) is 9.59 Å². The lowest BCUT2D eigenvalue weighted by atomic mass is 10.1. The largest absolute Gasteiger partial charge is 0.423 e. The second-order valence-corrected chi connectivity index (χ2v) is 7.81. The second kappa shape index (κ2) is 10.4. The fourth-order valence-corrected chi connectivity index (χ4v) is 3.07. The smallest absolute Gasteiger partial charge is 0.343 e. The van der Waals surface area contributed by atoms with Crippen molar-refractivity contribution in [2.24, 2.45) is 0 Å². The minimum atomic E-state index is -0.401. The van der Waals surface area contributed by atoms with Crippen molar-refractivity contribution in [3.8, 4) is 11.5 Å². The number of hydrogen-bond acceptors (Lipinski definition) is 6. The summed E-state index contributed by atoms with van der Waals surface area (Å²) in [6, 6.07) is 28.5. The first-order valence-corrected chi connectivity index (χ1v) is 10.8. The Morgan fingerprint density at radius 3 is 1.15 bits per heavy atom. The number of carbonyl (C=O) groups is 2. The minimum Gasteiger partial charge on any atom is -0.423 e. The Morgan fingerprint density at radius 2 is 0.824 bits per heavy atom. The zero-order chi connectivity index (χ0) is 23.9. The standard InChI is InChI=1S/C28H24N2O4/c1-19-3-7-21(8-4-19)27(31)33-25-15-11-23(12-16-25)29-30-24-13-17-26(18-14-24)34-28(32)22-9-5-20(2)6-10-22/h3-18,29-30H,1-2H3. The van der Waals surface area contributed by atoms with Crippen molar-refractivity contribution >= 4 is 23.3 Å². The molecule has 2 N–H and O–H groups in total. The molecular formula is C28H24N2O4. The Morgan fingerprint density at radius 1 is 0.500 bits per heavy atom. The third-order valence-electron chi connectivity index (χ3n) is 5.06. The van der Waals surface area contributed by atoms with Gasteiger partial charge in [0.1, 0.15) is 11.5 Å². The summed E-state index contributed by atoms with van der Waals surface area (Å²) in [6.07, 6.45) is 0. The Balaban J connectivity index is 1.27. The summed E-state index contributed by atoms with van der Waals surface area (Å²) in [5, 5.41) is 0. The Hall–Kier alpha value is -4.58. The van der Waals surface area contributed by atoms with Gasteiger partial charge in [0, 0.05) is 0 Å². The third-order valence-corrected chi connectivity index (χ3v) is 5.06. The first kappa shape index (κ1) is 22.6. The van der Waals surface area contributed by atoms with E-state index in [9.17, 15) is 9.59 Å². The molecular weight excluding hydrogens is 428 g/mol. The monoisotopic (exact) mass is 452 g/mol. The van der Waals surface area contributed by atoms with Gasteiger partial charge in [0.15, 0.2) is 0 Å². The summed E-state index contributed by atoms with van der Waals surface area (Å²) in [7, 11) is 0.